The van der Waals surface area contributed by atoms with Crippen LogP contribution in [0, 0.1) is 0 Å². The monoisotopic (exact) mass is 298 g/mol. The number of esters is 1. The second kappa shape index (κ2) is 6.51. The molecule has 1 fully saturated rings. The maximum Gasteiger partial charge on any atom is 0.343 e. The normalized spacial score (nSPS) is 14.1. The van der Waals surface area contributed by atoms with Gasteiger partial charge in [0.2, 0.25) is 0 Å². The minimum atomic E-state index is -0.370. The molecule has 6 nitrogen and oxygen atoms in total. The van der Waals surface area contributed by atoms with Crippen LogP contribution in [0.2, 0.25) is 0 Å². The van der Waals surface area contributed by atoms with E-state index in [1.54, 1.807) is 25.5 Å². The zero-order valence-electron chi connectivity index (χ0n) is 12.5. The van der Waals surface area contributed by atoms with Crippen molar-refractivity contribution < 1.29 is 9.53 Å². The average Bonchev–Trinajstić information content (AvgIpc) is 3.10. The second-order valence-electron chi connectivity index (χ2n) is 5.08. The van der Waals surface area contributed by atoms with Crippen LogP contribution in [-0.4, -0.2) is 40.6 Å². The summed E-state index contributed by atoms with van der Waals surface area (Å²) in [6.45, 7) is 3.93. The predicted molar refractivity (Wildman–Crippen MR) is 82.7 cm³/mol. The van der Waals surface area contributed by atoms with Gasteiger partial charge in [-0.05, 0) is 31.9 Å². The van der Waals surface area contributed by atoms with Crippen molar-refractivity contribution in [1.82, 2.24) is 15.0 Å². The Balaban J connectivity index is 2.02. The van der Waals surface area contributed by atoms with E-state index in [1.807, 2.05) is 12.1 Å². The highest BCUT2D eigenvalue weighted by atomic mass is 16.5. The van der Waals surface area contributed by atoms with E-state index < -0.39 is 0 Å². The maximum absolute atomic E-state index is 12.1. The van der Waals surface area contributed by atoms with Crippen molar-refractivity contribution in [2.24, 2.45) is 0 Å². The SMILES string of the molecule is CCOC(=O)c1cnc(-c2ccncc2)nc1N1CCCC1. The van der Waals surface area contributed by atoms with Crippen molar-refractivity contribution in [1.29, 1.82) is 0 Å². The fourth-order valence-corrected chi connectivity index (χ4v) is 2.54. The number of aromatic nitrogens is 3. The molecule has 0 bridgehead atoms. The quantitative estimate of drug-likeness (QED) is 0.807. The molecular formula is C16H18N4O2. The van der Waals surface area contributed by atoms with Crippen LogP contribution < -0.4 is 4.90 Å². The van der Waals surface area contributed by atoms with Crippen LogP contribution in [0.5, 0.6) is 0 Å². The molecule has 2 aromatic heterocycles. The van der Waals surface area contributed by atoms with Gasteiger partial charge in [0.1, 0.15) is 11.4 Å². The zero-order chi connectivity index (χ0) is 15.4. The maximum atomic E-state index is 12.1. The molecule has 0 aliphatic carbocycles. The topological polar surface area (TPSA) is 68.2 Å². The molecule has 0 saturated carbocycles. The van der Waals surface area contributed by atoms with Crippen molar-refractivity contribution in [3.8, 4) is 11.4 Å². The summed E-state index contributed by atoms with van der Waals surface area (Å²) in [5.41, 5.74) is 1.31. The number of rotatable bonds is 4. The summed E-state index contributed by atoms with van der Waals surface area (Å²) in [6, 6.07) is 3.71. The zero-order valence-corrected chi connectivity index (χ0v) is 12.5. The molecule has 0 atom stereocenters. The Morgan fingerprint density at radius 2 is 2.00 bits per heavy atom. The molecule has 1 aliphatic heterocycles. The number of hydrogen-bond donors (Lipinski definition) is 0. The molecule has 0 N–H and O–H groups in total. The molecule has 114 valence electrons. The first-order valence-electron chi connectivity index (χ1n) is 7.49. The van der Waals surface area contributed by atoms with Crippen LogP contribution in [-0.2, 0) is 4.74 Å². The summed E-state index contributed by atoms with van der Waals surface area (Å²) >= 11 is 0. The number of pyridine rings is 1. The van der Waals surface area contributed by atoms with E-state index in [2.05, 4.69) is 19.9 Å². The lowest BCUT2D eigenvalue weighted by atomic mass is 10.2. The molecule has 1 saturated heterocycles. The van der Waals surface area contributed by atoms with Crippen molar-refractivity contribution in [3.05, 3.63) is 36.3 Å². The molecule has 0 spiro atoms. The Morgan fingerprint density at radius 3 is 2.68 bits per heavy atom. The van der Waals surface area contributed by atoms with Crippen LogP contribution in [0.15, 0.2) is 30.7 Å². The van der Waals surface area contributed by atoms with Gasteiger partial charge in [-0.3, -0.25) is 4.98 Å². The minimum absolute atomic E-state index is 0.338. The largest absolute Gasteiger partial charge is 0.462 e. The highest BCUT2D eigenvalue weighted by Gasteiger charge is 2.23. The van der Waals surface area contributed by atoms with Gasteiger partial charge in [-0.25, -0.2) is 14.8 Å². The van der Waals surface area contributed by atoms with E-state index in [-0.39, 0.29) is 5.97 Å². The Bertz CT molecular complexity index is 654. The van der Waals surface area contributed by atoms with Gasteiger partial charge in [-0.2, -0.15) is 0 Å². The molecule has 3 rings (SSSR count). The van der Waals surface area contributed by atoms with Crippen molar-refractivity contribution in [2.45, 2.75) is 19.8 Å². The molecule has 2 aromatic rings. The second-order valence-corrected chi connectivity index (χ2v) is 5.08. The van der Waals surface area contributed by atoms with Crippen LogP contribution in [0.25, 0.3) is 11.4 Å². The predicted octanol–water partition coefficient (Wildman–Crippen LogP) is 2.32. The summed E-state index contributed by atoms with van der Waals surface area (Å²) in [4.78, 5) is 27.2. The van der Waals surface area contributed by atoms with Gasteiger partial charge in [-0.1, -0.05) is 0 Å². The highest BCUT2D eigenvalue weighted by Crippen LogP contribution is 2.25. The Morgan fingerprint density at radius 1 is 1.27 bits per heavy atom. The van der Waals surface area contributed by atoms with E-state index >= 15 is 0 Å². The van der Waals surface area contributed by atoms with E-state index in [0.717, 1.165) is 31.5 Å². The van der Waals surface area contributed by atoms with Crippen molar-refractivity contribution in [3.63, 3.8) is 0 Å². The number of hydrogen-bond acceptors (Lipinski definition) is 6. The van der Waals surface area contributed by atoms with Crippen molar-refractivity contribution in [2.75, 3.05) is 24.6 Å². The van der Waals surface area contributed by atoms with Gasteiger partial charge in [-0.15, -0.1) is 0 Å². The van der Waals surface area contributed by atoms with Gasteiger partial charge in [0.15, 0.2) is 5.82 Å². The molecule has 1 aliphatic rings. The molecular weight excluding hydrogens is 280 g/mol. The molecule has 0 aromatic carbocycles. The summed E-state index contributed by atoms with van der Waals surface area (Å²) in [7, 11) is 0. The standard InChI is InChI=1S/C16H18N4O2/c1-2-22-16(21)13-11-18-14(12-5-7-17-8-6-12)19-15(13)20-9-3-4-10-20/h5-8,11H,2-4,9-10H2,1H3. The first-order valence-corrected chi connectivity index (χ1v) is 7.49. The lowest BCUT2D eigenvalue weighted by molar-refractivity contribution is 0.0526. The first kappa shape index (κ1) is 14.4. The third kappa shape index (κ3) is 2.90. The molecule has 6 heteroatoms. The fourth-order valence-electron chi connectivity index (χ4n) is 2.54. The summed E-state index contributed by atoms with van der Waals surface area (Å²) in [5.74, 6) is 0.890. The highest BCUT2D eigenvalue weighted by molar-refractivity contribution is 5.94. The first-order chi connectivity index (χ1) is 10.8. The average molecular weight is 298 g/mol. The third-order valence-electron chi connectivity index (χ3n) is 3.61. The molecule has 22 heavy (non-hydrogen) atoms. The van der Waals surface area contributed by atoms with Crippen LogP contribution >= 0.6 is 0 Å². The van der Waals surface area contributed by atoms with Crippen LogP contribution in [0.4, 0.5) is 5.82 Å². The number of ether oxygens (including phenoxy) is 1. The van der Waals surface area contributed by atoms with Gasteiger partial charge in [0.05, 0.1) is 6.61 Å². The molecule has 3 heterocycles. The number of nitrogens with zero attached hydrogens (tertiary/aromatic N) is 4. The fraction of sp³-hybridized carbons (Fsp3) is 0.375. The molecule has 0 unspecified atom stereocenters. The molecule has 0 amide bonds. The molecule has 0 radical (unpaired) electrons. The van der Waals surface area contributed by atoms with Gasteiger partial charge in [0.25, 0.3) is 0 Å². The van der Waals surface area contributed by atoms with Crippen LogP contribution in [0.3, 0.4) is 0 Å². The van der Waals surface area contributed by atoms with E-state index in [0.29, 0.717) is 23.8 Å². The van der Waals surface area contributed by atoms with E-state index in [4.69, 9.17) is 4.74 Å². The smallest absolute Gasteiger partial charge is 0.343 e. The van der Waals surface area contributed by atoms with E-state index in [1.165, 1.54) is 0 Å². The summed E-state index contributed by atoms with van der Waals surface area (Å²) in [6.07, 6.45) is 7.18. The number of carbonyl (C=O) groups excluding carboxylic acids is 1. The van der Waals surface area contributed by atoms with E-state index in [9.17, 15) is 4.79 Å². The third-order valence-corrected chi connectivity index (χ3v) is 3.61. The van der Waals surface area contributed by atoms with Crippen LogP contribution in [0.1, 0.15) is 30.1 Å². The van der Waals surface area contributed by atoms with Gasteiger partial charge in [0, 0.05) is 37.2 Å². The Hall–Kier alpha value is -2.50. The van der Waals surface area contributed by atoms with Gasteiger partial charge < -0.3 is 9.64 Å². The lowest BCUT2D eigenvalue weighted by Crippen LogP contribution is -2.23. The summed E-state index contributed by atoms with van der Waals surface area (Å²) < 4.78 is 5.12. The number of carbonyl (C=O) groups is 1. The summed E-state index contributed by atoms with van der Waals surface area (Å²) in [5, 5.41) is 0. The Kier molecular flexibility index (Phi) is 4.27. The minimum Gasteiger partial charge on any atom is -0.462 e. The van der Waals surface area contributed by atoms with Crippen molar-refractivity contribution >= 4 is 11.8 Å². The lowest BCUT2D eigenvalue weighted by Gasteiger charge is -2.19. The van der Waals surface area contributed by atoms with Gasteiger partial charge >= 0.3 is 5.97 Å². The number of anilines is 1. The Labute approximate surface area is 129 Å².